The molecule has 0 fully saturated rings. The van der Waals surface area contributed by atoms with Crippen LogP contribution in [0.1, 0.15) is 40.2 Å². The van der Waals surface area contributed by atoms with Crippen molar-refractivity contribution in [1.29, 1.82) is 0 Å². The molecule has 2 aromatic rings. The third-order valence-electron chi connectivity index (χ3n) is 5.10. The standard InChI is InChI=1S/C23H32N2O5S/c1-7-24(8-2)20-10-9-19(16-25(17(3)4)18(5)26)23(15-20)30-31(27,28)22-13-11-21(29-6)12-14-22/h9-15,17H,7-8,16H2,1-6H3. The van der Waals surface area contributed by atoms with E-state index in [1.165, 1.54) is 26.2 Å². The molecule has 2 rings (SSSR count). The number of nitrogens with zero attached hydrogens (tertiary/aromatic N) is 2. The first-order chi connectivity index (χ1) is 14.6. The average molecular weight is 449 g/mol. The Bertz CT molecular complexity index is 984. The molecule has 0 aromatic heterocycles. The van der Waals surface area contributed by atoms with E-state index in [0.717, 1.165) is 18.8 Å². The third-order valence-corrected chi connectivity index (χ3v) is 6.34. The van der Waals surface area contributed by atoms with E-state index < -0.39 is 10.1 Å². The fourth-order valence-electron chi connectivity index (χ4n) is 3.29. The molecule has 0 N–H and O–H groups in total. The first-order valence-electron chi connectivity index (χ1n) is 10.4. The molecule has 0 aliphatic rings. The highest BCUT2D eigenvalue weighted by Crippen LogP contribution is 2.30. The fraction of sp³-hybridized carbons (Fsp3) is 0.435. The summed E-state index contributed by atoms with van der Waals surface area (Å²) in [6, 6.07) is 11.5. The average Bonchev–Trinajstić information content (AvgIpc) is 2.73. The lowest BCUT2D eigenvalue weighted by Crippen LogP contribution is -2.34. The van der Waals surface area contributed by atoms with E-state index in [9.17, 15) is 13.2 Å². The maximum atomic E-state index is 13.0. The van der Waals surface area contributed by atoms with Crippen LogP contribution in [0.25, 0.3) is 0 Å². The Morgan fingerprint density at radius 2 is 1.65 bits per heavy atom. The Morgan fingerprint density at radius 1 is 1.03 bits per heavy atom. The van der Waals surface area contributed by atoms with E-state index in [4.69, 9.17) is 8.92 Å². The van der Waals surface area contributed by atoms with E-state index in [2.05, 4.69) is 4.90 Å². The molecule has 2 aromatic carbocycles. The van der Waals surface area contributed by atoms with Gasteiger partial charge in [0.05, 0.1) is 7.11 Å². The minimum absolute atomic E-state index is 0.0276. The molecule has 0 spiro atoms. The van der Waals surface area contributed by atoms with Crippen LogP contribution in [0.4, 0.5) is 5.69 Å². The van der Waals surface area contributed by atoms with Crippen LogP contribution in [0, 0.1) is 0 Å². The minimum atomic E-state index is -4.07. The molecule has 0 atom stereocenters. The molecule has 7 nitrogen and oxygen atoms in total. The number of carbonyl (C=O) groups is 1. The topological polar surface area (TPSA) is 76.2 Å². The van der Waals surface area contributed by atoms with Crippen LogP contribution in [0.5, 0.6) is 11.5 Å². The van der Waals surface area contributed by atoms with Crippen LogP contribution in [0.2, 0.25) is 0 Å². The summed E-state index contributed by atoms with van der Waals surface area (Å²) in [6.07, 6.45) is 0. The fourth-order valence-corrected chi connectivity index (χ4v) is 4.24. The van der Waals surface area contributed by atoms with Crippen LogP contribution in [-0.2, 0) is 21.5 Å². The molecular formula is C23H32N2O5S. The number of hydrogen-bond donors (Lipinski definition) is 0. The van der Waals surface area contributed by atoms with Crippen LogP contribution >= 0.6 is 0 Å². The van der Waals surface area contributed by atoms with E-state index in [1.54, 1.807) is 23.1 Å². The molecule has 0 saturated carbocycles. The van der Waals surface area contributed by atoms with Gasteiger partial charge in [-0.15, -0.1) is 0 Å². The van der Waals surface area contributed by atoms with Gasteiger partial charge in [0.1, 0.15) is 16.4 Å². The molecule has 0 aliphatic carbocycles. The van der Waals surface area contributed by atoms with Gasteiger partial charge in [0.2, 0.25) is 5.91 Å². The summed E-state index contributed by atoms with van der Waals surface area (Å²) in [5.74, 6) is 0.677. The quantitative estimate of drug-likeness (QED) is 0.510. The summed E-state index contributed by atoms with van der Waals surface area (Å²) < 4.78 is 36.6. The van der Waals surface area contributed by atoms with E-state index >= 15 is 0 Å². The van der Waals surface area contributed by atoms with Gasteiger partial charge >= 0.3 is 10.1 Å². The van der Waals surface area contributed by atoms with Gasteiger partial charge < -0.3 is 18.7 Å². The van der Waals surface area contributed by atoms with Gasteiger partial charge in [-0.25, -0.2) is 0 Å². The Kier molecular flexibility index (Phi) is 8.33. The predicted molar refractivity (Wildman–Crippen MR) is 122 cm³/mol. The van der Waals surface area contributed by atoms with Gasteiger partial charge in [-0.2, -0.15) is 8.42 Å². The zero-order chi connectivity index (χ0) is 23.2. The van der Waals surface area contributed by atoms with Crippen molar-refractivity contribution in [2.75, 3.05) is 25.1 Å². The second-order valence-corrected chi connectivity index (χ2v) is 8.96. The van der Waals surface area contributed by atoms with Gasteiger partial charge in [0.15, 0.2) is 0 Å². The van der Waals surface area contributed by atoms with Crippen LogP contribution < -0.4 is 13.8 Å². The van der Waals surface area contributed by atoms with E-state index in [1.807, 2.05) is 39.8 Å². The van der Waals surface area contributed by atoms with Crippen molar-refractivity contribution in [2.24, 2.45) is 0 Å². The molecule has 31 heavy (non-hydrogen) atoms. The molecule has 0 unspecified atom stereocenters. The monoisotopic (exact) mass is 448 g/mol. The zero-order valence-electron chi connectivity index (χ0n) is 19.1. The lowest BCUT2D eigenvalue weighted by molar-refractivity contribution is -0.131. The molecule has 170 valence electrons. The van der Waals surface area contributed by atoms with Crippen molar-refractivity contribution in [3.63, 3.8) is 0 Å². The van der Waals surface area contributed by atoms with Crippen molar-refractivity contribution in [3.05, 3.63) is 48.0 Å². The minimum Gasteiger partial charge on any atom is -0.497 e. The first kappa shape index (κ1) is 24.5. The number of amides is 1. The number of ether oxygens (including phenoxy) is 1. The van der Waals surface area contributed by atoms with Crippen molar-refractivity contribution in [3.8, 4) is 11.5 Å². The van der Waals surface area contributed by atoms with Crippen molar-refractivity contribution >= 4 is 21.7 Å². The third kappa shape index (κ3) is 6.13. The highest BCUT2D eigenvalue weighted by molar-refractivity contribution is 7.87. The number of anilines is 1. The molecule has 0 aliphatic heterocycles. The predicted octanol–water partition coefficient (Wildman–Crippen LogP) is 4.07. The van der Waals surface area contributed by atoms with Crippen molar-refractivity contribution < 1.29 is 22.1 Å². The van der Waals surface area contributed by atoms with Gasteiger partial charge in [0.25, 0.3) is 0 Å². The lowest BCUT2D eigenvalue weighted by Gasteiger charge is -2.27. The number of carbonyl (C=O) groups excluding carboxylic acids is 1. The Labute approximate surface area is 185 Å². The molecule has 0 heterocycles. The molecule has 1 amide bonds. The van der Waals surface area contributed by atoms with Gasteiger partial charge in [-0.3, -0.25) is 4.79 Å². The smallest absolute Gasteiger partial charge is 0.339 e. The summed E-state index contributed by atoms with van der Waals surface area (Å²) in [6.45, 7) is 11.2. The van der Waals surface area contributed by atoms with Crippen LogP contribution in [-0.4, -0.2) is 45.5 Å². The van der Waals surface area contributed by atoms with Crippen molar-refractivity contribution in [2.45, 2.75) is 52.1 Å². The SMILES string of the molecule is CCN(CC)c1ccc(CN(C(C)=O)C(C)C)c(OS(=O)(=O)c2ccc(OC)cc2)c1. The number of hydrogen-bond acceptors (Lipinski definition) is 6. The normalized spacial score (nSPS) is 11.3. The highest BCUT2D eigenvalue weighted by Gasteiger charge is 2.22. The second-order valence-electron chi connectivity index (χ2n) is 7.42. The Balaban J connectivity index is 2.49. The number of benzene rings is 2. The van der Waals surface area contributed by atoms with Crippen LogP contribution in [0.3, 0.4) is 0 Å². The largest absolute Gasteiger partial charge is 0.497 e. The summed E-state index contributed by atoms with van der Waals surface area (Å²) >= 11 is 0. The van der Waals surface area contributed by atoms with E-state index in [-0.39, 0.29) is 29.1 Å². The first-order valence-corrected chi connectivity index (χ1v) is 11.8. The number of methoxy groups -OCH3 is 1. The summed E-state index contributed by atoms with van der Waals surface area (Å²) in [4.78, 5) is 15.9. The molecular weight excluding hydrogens is 416 g/mol. The molecule has 0 saturated heterocycles. The van der Waals surface area contributed by atoms with Gasteiger partial charge in [0, 0.05) is 49.9 Å². The highest BCUT2D eigenvalue weighted by atomic mass is 32.2. The van der Waals surface area contributed by atoms with E-state index in [0.29, 0.717) is 11.3 Å². The van der Waals surface area contributed by atoms with Gasteiger partial charge in [-0.05, 0) is 58.0 Å². The summed E-state index contributed by atoms with van der Waals surface area (Å²) in [5, 5.41) is 0. The lowest BCUT2D eigenvalue weighted by atomic mass is 10.1. The second kappa shape index (κ2) is 10.5. The molecule has 0 radical (unpaired) electrons. The Morgan fingerprint density at radius 3 is 2.13 bits per heavy atom. The summed E-state index contributed by atoms with van der Waals surface area (Å²) in [7, 11) is -2.56. The van der Waals surface area contributed by atoms with Crippen LogP contribution in [0.15, 0.2) is 47.4 Å². The molecule has 8 heteroatoms. The maximum Gasteiger partial charge on any atom is 0.339 e. The number of rotatable bonds is 10. The summed E-state index contributed by atoms with van der Waals surface area (Å²) in [5.41, 5.74) is 1.48. The van der Waals surface area contributed by atoms with Crippen molar-refractivity contribution in [1.82, 2.24) is 4.90 Å². The van der Waals surface area contributed by atoms with Gasteiger partial charge in [-0.1, -0.05) is 6.07 Å². The maximum absolute atomic E-state index is 13.0. The zero-order valence-corrected chi connectivity index (χ0v) is 19.9. The Hall–Kier alpha value is -2.74. The molecule has 0 bridgehead atoms.